The second kappa shape index (κ2) is 12.7. The number of nitrogen functional groups attached to an aromatic ring is 1. The second-order valence-corrected chi connectivity index (χ2v) is 10.3. The van der Waals surface area contributed by atoms with E-state index in [1.807, 2.05) is 22.8 Å². The Balaban J connectivity index is 1.74. The lowest BCUT2D eigenvalue weighted by atomic mass is 10.1. The van der Waals surface area contributed by atoms with Gasteiger partial charge >= 0.3 is 7.82 Å². The fourth-order valence-corrected chi connectivity index (χ4v) is 4.87. The molecule has 0 fully saturated rings. The number of anilines is 1. The number of ether oxygens (including phenoxy) is 1. The number of imidazole rings is 1. The molecule has 0 atom stereocenters. The van der Waals surface area contributed by atoms with Crippen LogP contribution in [0.2, 0.25) is 0 Å². The lowest BCUT2D eigenvalue weighted by Gasteiger charge is -2.15. The predicted molar refractivity (Wildman–Crippen MR) is 152 cm³/mol. The first-order chi connectivity index (χ1) is 18.7. The molecule has 39 heavy (non-hydrogen) atoms. The van der Waals surface area contributed by atoms with Crippen LogP contribution < -0.4 is 10.3 Å². The largest absolute Gasteiger partial charge is 0.524 e. The number of aromatic nitrogens is 3. The summed E-state index contributed by atoms with van der Waals surface area (Å²) in [5.41, 5.74) is 9.85. The van der Waals surface area contributed by atoms with Gasteiger partial charge in [-0.3, -0.25) is 9.79 Å². The van der Waals surface area contributed by atoms with E-state index in [0.29, 0.717) is 55.0 Å². The molecule has 0 bridgehead atoms. The zero-order valence-electron chi connectivity index (χ0n) is 21.4. The summed E-state index contributed by atoms with van der Waals surface area (Å²) in [6.45, 7) is 3.73. The van der Waals surface area contributed by atoms with Gasteiger partial charge in [0.2, 0.25) is 0 Å². The van der Waals surface area contributed by atoms with Gasteiger partial charge in [0.15, 0.2) is 17.3 Å². The van der Waals surface area contributed by atoms with Crippen LogP contribution in [0, 0.1) is 0 Å². The number of thiocarbonyl (C=S) groups is 1. The third-order valence-electron chi connectivity index (χ3n) is 6.18. The molecule has 0 aliphatic heterocycles. The zero-order chi connectivity index (χ0) is 28.0. The van der Waals surface area contributed by atoms with Crippen LogP contribution in [-0.4, -0.2) is 54.3 Å². The molecule has 4 aromatic rings. The zero-order valence-corrected chi connectivity index (χ0v) is 23.1. The predicted octanol–water partition coefficient (Wildman–Crippen LogP) is 4.40. The van der Waals surface area contributed by atoms with Crippen LogP contribution in [0.4, 0.5) is 5.82 Å². The maximum Gasteiger partial charge on any atom is 0.524 e. The summed E-state index contributed by atoms with van der Waals surface area (Å²) in [6, 6.07) is 10.5. The summed E-state index contributed by atoms with van der Waals surface area (Å²) in [5, 5.41) is 13.9. The van der Waals surface area contributed by atoms with E-state index in [-0.39, 0.29) is 18.0 Å². The summed E-state index contributed by atoms with van der Waals surface area (Å²) in [7, 11) is -4.85. The number of hydrogen-bond donors (Lipinski definition) is 4. The van der Waals surface area contributed by atoms with Crippen molar-refractivity contribution < 1.29 is 28.7 Å². The molecule has 0 radical (unpaired) electrons. The Morgan fingerprint density at radius 3 is 2.74 bits per heavy atom. The molecule has 2 aromatic heterocycles. The van der Waals surface area contributed by atoms with Crippen LogP contribution in [0.15, 0.2) is 41.4 Å². The van der Waals surface area contributed by atoms with Gasteiger partial charge in [-0.2, -0.15) is 0 Å². The van der Waals surface area contributed by atoms with E-state index in [2.05, 4.69) is 38.8 Å². The van der Waals surface area contributed by atoms with E-state index >= 15 is 0 Å². The van der Waals surface area contributed by atoms with E-state index in [4.69, 9.17) is 15.5 Å². The van der Waals surface area contributed by atoms with Gasteiger partial charge in [0, 0.05) is 17.4 Å². The number of nitrogens with zero attached hydrogens (tertiary/aromatic N) is 4. The lowest BCUT2D eigenvalue weighted by molar-refractivity contribution is 0.145. The molecule has 11 nitrogen and oxygen atoms in total. The number of hydrogen-bond acceptors (Lipinski definition) is 9. The van der Waals surface area contributed by atoms with Gasteiger partial charge in [-0.1, -0.05) is 37.6 Å². The van der Waals surface area contributed by atoms with E-state index in [9.17, 15) is 19.5 Å². The first-order valence-electron chi connectivity index (χ1n) is 12.5. The number of phosphoric ester groups is 1. The molecule has 5 N–H and O–H groups in total. The van der Waals surface area contributed by atoms with E-state index in [1.165, 1.54) is 6.07 Å². The van der Waals surface area contributed by atoms with Gasteiger partial charge in [0.25, 0.3) is 0 Å². The number of isothiocyanates is 1. The molecule has 0 spiro atoms. The van der Waals surface area contributed by atoms with Crippen LogP contribution in [0.1, 0.15) is 36.7 Å². The van der Waals surface area contributed by atoms with Crippen LogP contribution in [0.5, 0.6) is 11.5 Å². The number of phenols is 1. The number of phenolic OH excluding ortho intramolecular Hbond substituents is 1. The number of benzene rings is 2. The highest BCUT2D eigenvalue weighted by Gasteiger charge is 2.22. The number of rotatable bonds is 13. The Labute approximate surface area is 230 Å². The van der Waals surface area contributed by atoms with Crippen LogP contribution in [-0.2, 0) is 28.7 Å². The summed E-state index contributed by atoms with van der Waals surface area (Å²) < 4.78 is 23.6. The minimum absolute atomic E-state index is 0.179. The minimum atomic E-state index is -4.85. The first-order valence-corrected chi connectivity index (χ1v) is 14.4. The van der Waals surface area contributed by atoms with E-state index < -0.39 is 7.82 Å². The molecule has 0 saturated heterocycles. The van der Waals surface area contributed by atoms with Gasteiger partial charge in [0.05, 0.1) is 42.5 Å². The highest BCUT2D eigenvalue weighted by Crippen LogP contribution is 2.43. The molecule has 4 rings (SSSR count). The maximum absolute atomic E-state index is 11.4. The lowest BCUT2D eigenvalue weighted by Crippen LogP contribution is -2.07. The van der Waals surface area contributed by atoms with Crippen LogP contribution in [0.25, 0.3) is 21.9 Å². The van der Waals surface area contributed by atoms with Gasteiger partial charge in [-0.15, -0.1) is 0 Å². The Kier molecular flexibility index (Phi) is 9.29. The van der Waals surface area contributed by atoms with Gasteiger partial charge in [0.1, 0.15) is 11.3 Å². The van der Waals surface area contributed by atoms with Crippen molar-refractivity contribution in [2.75, 3.05) is 25.5 Å². The van der Waals surface area contributed by atoms with E-state index in [1.54, 1.807) is 12.1 Å². The number of aliphatic imine (C=N–C) groups is 1. The molecule has 0 aliphatic carbocycles. The first kappa shape index (κ1) is 28.6. The Bertz CT molecular complexity index is 1580. The third-order valence-corrected chi connectivity index (χ3v) is 6.74. The number of phosphoric acid groups is 1. The van der Waals surface area contributed by atoms with Gasteiger partial charge in [-0.25, -0.2) is 19.5 Å². The Morgan fingerprint density at radius 1 is 1.18 bits per heavy atom. The number of aryl methyl sites for hydroxylation is 1. The number of pyridine rings is 1. The molecular weight excluding hydrogens is 541 g/mol. The topological polar surface area (TPSA) is 165 Å². The van der Waals surface area contributed by atoms with Crippen molar-refractivity contribution in [1.29, 1.82) is 0 Å². The van der Waals surface area contributed by atoms with Crippen molar-refractivity contribution in [1.82, 2.24) is 14.5 Å². The van der Waals surface area contributed by atoms with Crippen LogP contribution in [0.3, 0.4) is 0 Å². The molecule has 0 saturated carbocycles. The van der Waals surface area contributed by atoms with Crippen molar-refractivity contribution >= 4 is 53.0 Å². The normalized spacial score (nSPS) is 11.7. The monoisotopic (exact) mass is 571 g/mol. The molecule has 206 valence electrons. The summed E-state index contributed by atoms with van der Waals surface area (Å²) in [4.78, 5) is 31.7. The fraction of sp³-hybridized carbons (Fsp3) is 0.346. The number of unbranched alkanes of at least 4 members (excludes halogenated alkanes) is 1. The number of fused-ring (bicyclic) bond motifs is 3. The molecule has 2 aromatic carbocycles. The van der Waals surface area contributed by atoms with Crippen molar-refractivity contribution in [3.63, 3.8) is 0 Å². The number of nitrogens with two attached hydrogens (primary N) is 1. The molecule has 2 heterocycles. The standard InChI is InChI=1S/C26H30N5O6PS/c1-2-3-7-22-30-23-24(31(22)15-18-5-4-6-21(25(18)32)37-38(33,34)35)19-9-8-17(14-20(19)29-26(23)27)10-12-36-13-11-28-16-39/h4-6,8-9,14,32H,2-3,7,10-13,15H2,1H3,(H2,27,29)(H2,33,34,35). The highest BCUT2D eigenvalue weighted by molar-refractivity contribution is 7.78. The van der Waals surface area contributed by atoms with Crippen molar-refractivity contribution in [2.45, 2.75) is 39.2 Å². The molecular formula is C26H30N5O6PS. The number of para-hydroxylation sites is 1. The summed E-state index contributed by atoms with van der Waals surface area (Å²) in [5.74, 6) is 0.412. The van der Waals surface area contributed by atoms with E-state index in [0.717, 1.165) is 35.1 Å². The smallest absolute Gasteiger partial charge is 0.504 e. The molecule has 0 unspecified atom stereocenters. The SMILES string of the molecule is CCCCc1nc2c(N)nc3cc(CCOCCN=C=S)ccc3c2n1Cc1cccc(OP(=O)(O)O)c1O. The van der Waals surface area contributed by atoms with Crippen molar-refractivity contribution in [3.8, 4) is 11.5 Å². The van der Waals surface area contributed by atoms with Gasteiger partial charge in [-0.05, 0) is 42.8 Å². The summed E-state index contributed by atoms with van der Waals surface area (Å²) in [6.07, 6.45) is 3.20. The third kappa shape index (κ3) is 6.99. The Morgan fingerprint density at radius 2 is 2.00 bits per heavy atom. The van der Waals surface area contributed by atoms with Gasteiger partial charge < -0.3 is 24.7 Å². The molecule has 0 aliphatic rings. The Hall–Kier alpha value is -3.37. The maximum atomic E-state index is 11.4. The minimum Gasteiger partial charge on any atom is -0.504 e. The van der Waals surface area contributed by atoms with Crippen LogP contribution >= 0.6 is 20.0 Å². The molecule has 0 amide bonds. The average molecular weight is 572 g/mol. The summed E-state index contributed by atoms with van der Waals surface area (Å²) >= 11 is 4.55. The van der Waals surface area contributed by atoms with Crippen molar-refractivity contribution in [2.24, 2.45) is 4.99 Å². The van der Waals surface area contributed by atoms with Crippen molar-refractivity contribution in [3.05, 3.63) is 53.3 Å². The highest BCUT2D eigenvalue weighted by atomic mass is 32.1. The number of aromatic hydroxyl groups is 1. The average Bonchev–Trinajstić information content (AvgIpc) is 3.25. The fourth-order valence-electron chi connectivity index (χ4n) is 4.37. The molecule has 13 heteroatoms. The quantitative estimate of drug-likeness (QED) is 0.0782. The second-order valence-electron chi connectivity index (χ2n) is 8.94.